The van der Waals surface area contributed by atoms with Gasteiger partial charge in [-0.05, 0) is 70.0 Å². The van der Waals surface area contributed by atoms with E-state index < -0.39 is 22.8 Å². The molecule has 4 rings (SSSR count). The van der Waals surface area contributed by atoms with Crippen LogP contribution in [-0.4, -0.2) is 64.3 Å². The van der Waals surface area contributed by atoms with E-state index in [1.807, 2.05) is 37.4 Å². The number of nitro groups is 1. The van der Waals surface area contributed by atoms with Crippen LogP contribution in [-0.2, 0) is 9.53 Å². The Bertz CT molecular complexity index is 1350. The number of ether oxygens (including phenoxy) is 2. The van der Waals surface area contributed by atoms with E-state index in [9.17, 15) is 19.7 Å². The molecule has 0 radical (unpaired) electrons. The number of nitrogens with zero attached hydrogens (tertiary/aromatic N) is 3. The van der Waals surface area contributed by atoms with Gasteiger partial charge in [0, 0.05) is 61.0 Å². The van der Waals surface area contributed by atoms with E-state index >= 15 is 0 Å². The molecule has 2 unspecified atom stereocenters. The van der Waals surface area contributed by atoms with Crippen LogP contribution in [0.1, 0.15) is 53.4 Å². The second-order valence-corrected chi connectivity index (χ2v) is 11.2. The third-order valence-corrected chi connectivity index (χ3v) is 6.97. The maximum absolute atomic E-state index is 13.4. The zero-order valence-electron chi connectivity index (χ0n) is 24.1. The molecule has 2 N–H and O–H groups in total. The largest absolute Gasteiger partial charge is 0.468 e. The Morgan fingerprint density at radius 2 is 1.88 bits per heavy atom. The summed E-state index contributed by atoms with van der Waals surface area (Å²) in [7, 11) is 0. The number of non-ortho nitro benzene ring substituents is 1. The molecule has 2 atom stereocenters. The molecule has 2 aromatic carbocycles. The molecule has 41 heavy (non-hydrogen) atoms. The summed E-state index contributed by atoms with van der Waals surface area (Å²) in [6, 6.07) is 13.7. The standard InChI is InChI=1S/C30H39N5O6/c1-5-6-7-27(36)34-19-18-33(22-8-10-23(11-9-22)35(38)39)26(15-17-32-29(37)41-30(2,3)4)28(34)40-24-12-13-25-21(20-24)14-16-31-25/h8-14,16,20,26,28,31H,5-7,15,17-19H2,1-4H3,(H,32,37). The Labute approximate surface area is 239 Å². The van der Waals surface area contributed by atoms with Gasteiger partial charge in [-0.1, -0.05) is 13.3 Å². The van der Waals surface area contributed by atoms with Crippen molar-refractivity contribution in [2.45, 2.75) is 71.2 Å². The quantitative estimate of drug-likeness (QED) is 0.242. The van der Waals surface area contributed by atoms with Gasteiger partial charge < -0.3 is 29.6 Å². The summed E-state index contributed by atoms with van der Waals surface area (Å²) in [5.41, 5.74) is 1.11. The lowest BCUT2D eigenvalue weighted by molar-refractivity contribution is -0.384. The number of aromatic nitrogens is 1. The summed E-state index contributed by atoms with van der Waals surface area (Å²) in [5, 5.41) is 15.1. The smallest absolute Gasteiger partial charge is 0.407 e. The molecule has 11 nitrogen and oxygen atoms in total. The lowest BCUT2D eigenvalue weighted by Crippen LogP contribution is -2.64. The lowest BCUT2D eigenvalue weighted by atomic mass is 10.0. The van der Waals surface area contributed by atoms with Crippen LogP contribution in [0.3, 0.4) is 0 Å². The Morgan fingerprint density at radius 3 is 2.56 bits per heavy atom. The van der Waals surface area contributed by atoms with Crippen molar-refractivity contribution in [1.29, 1.82) is 0 Å². The molecule has 0 aliphatic carbocycles. The number of carbonyl (C=O) groups excluding carboxylic acids is 2. The number of benzene rings is 2. The van der Waals surface area contributed by atoms with E-state index in [2.05, 4.69) is 15.2 Å². The number of alkyl carbamates (subject to hydrolysis) is 1. The number of carbonyl (C=O) groups is 2. The number of piperazine rings is 1. The Kier molecular flexibility index (Phi) is 9.36. The van der Waals surface area contributed by atoms with E-state index in [0.29, 0.717) is 31.7 Å². The predicted molar refractivity (Wildman–Crippen MR) is 157 cm³/mol. The van der Waals surface area contributed by atoms with E-state index in [0.717, 1.165) is 29.4 Å². The molecule has 2 heterocycles. The van der Waals surface area contributed by atoms with Crippen LogP contribution in [0.5, 0.6) is 5.75 Å². The minimum atomic E-state index is -0.667. The first kappa shape index (κ1) is 29.7. The van der Waals surface area contributed by atoms with Crippen molar-refractivity contribution in [3.63, 3.8) is 0 Å². The maximum atomic E-state index is 13.4. The number of amides is 2. The zero-order chi connectivity index (χ0) is 29.6. The fraction of sp³-hybridized carbons (Fsp3) is 0.467. The number of H-pyrrole nitrogens is 1. The van der Waals surface area contributed by atoms with Crippen LogP contribution in [0.15, 0.2) is 54.7 Å². The lowest BCUT2D eigenvalue weighted by Gasteiger charge is -2.48. The highest BCUT2D eigenvalue weighted by atomic mass is 16.6. The Hall–Kier alpha value is -4.28. The van der Waals surface area contributed by atoms with Gasteiger partial charge in [0.25, 0.3) is 5.69 Å². The topological polar surface area (TPSA) is 130 Å². The number of nitro benzene ring substituents is 1. The first-order chi connectivity index (χ1) is 19.6. The predicted octanol–water partition coefficient (Wildman–Crippen LogP) is 5.60. The second-order valence-electron chi connectivity index (χ2n) is 11.2. The summed E-state index contributed by atoms with van der Waals surface area (Å²) in [4.78, 5) is 43.7. The van der Waals surface area contributed by atoms with E-state index in [1.54, 1.807) is 37.8 Å². The fourth-order valence-corrected chi connectivity index (χ4v) is 5.02. The number of unbranched alkanes of at least 4 members (excludes halogenated alkanes) is 1. The van der Waals surface area contributed by atoms with Gasteiger partial charge in [-0.25, -0.2) is 4.79 Å². The van der Waals surface area contributed by atoms with E-state index in [1.165, 1.54) is 12.1 Å². The summed E-state index contributed by atoms with van der Waals surface area (Å²) in [5.74, 6) is 0.624. The van der Waals surface area contributed by atoms with Gasteiger partial charge in [0.05, 0.1) is 11.0 Å². The van der Waals surface area contributed by atoms with Crippen molar-refractivity contribution in [3.8, 4) is 5.75 Å². The first-order valence-corrected chi connectivity index (χ1v) is 14.1. The molecule has 220 valence electrons. The third-order valence-electron chi connectivity index (χ3n) is 6.97. The van der Waals surface area contributed by atoms with Crippen molar-refractivity contribution >= 4 is 34.3 Å². The number of aromatic amines is 1. The highest BCUT2D eigenvalue weighted by Crippen LogP contribution is 2.31. The number of anilines is 1. The summed E-state index contributed by atoms with van der Waals surface area (Å²) >= 11 is 0. The summed E-state index contributed by atoms with van der Waals surface area (Å²) < 4.78 is 12.0. The van der Waals surface area contributed by atoms with Crippen LogP contribution in [0, 0.1) is 10.1 Å². The molecule has 1 fully saturated rings. The van der Waals surface area contributed by atoms with Crippen LogP contribution in [0.25, 0.3) is 10.9 Å². The minimum Gasteiger partial charge on any atom is -0.468 e. The Morgan fingerprint density at radius 1 is 1.12 bits per heavy atom. The molecule has 1 aromatic heterocycles. The van der Waals surface area contributed by atoms with Crippen molar-refractivity contribution in [2.75, 3.05) is 24.5 Å². The van der Waals surface area contributed by atoms with Gasteiger partial charge in [0.15, 0.2) is 6.23 Å². The minimum absolute atomic E-state index is 0.00197. The van der Waals surface area contributed by atoms with Gasteiger partial charge >= 0.3 is 6.09 Å². The normalized spacial score (nSPS) is 17.4. The molecule has 0 spiro atoms. The monoisotopic (exact) mass is 565 g/mol. The van der Waals surface area contributed by atoms with Gasteiger partial charge in [-0.15, -0.1) is 0 Å². The summed E-state index contributed by atoms with van der Waals surface area (Å²) in [6.45, 7) is 8.65. The average Bonchev–Trinajstić information content (AvgIpc) is 3.39. The molecule has 2 amide bonds. The van der Waals surface area contributed by atoms with Crippen molar-refractivity contribution < 1.29 is 24.0 Å². The average molecular weight is 566 g/mol. The number of fused-ring (bicyclic) bond motifs is 1. The Balaban J connectivity index is 1.66. The molecule has 1 aliphatic heterocycles. The number of nitrogens with one attached hydrogen (secondary N) is 2. The van der Waals surface area contributed by atoms with Crippen LogP contribution in [0.4, 0.5) is 16.2 Å². The molecule has 0 saturated carbocycles. The molecule has 11 heteroatoms. The van der Waals surface area contributed by atoms with Gasteiger partial charge in [0.2, 0.25) is 5.91 Å². The number of hydrogen-bond acceptors (Lipinski definition) is 7. The molecular formula is C30H39N5O6. The molecule has 1 saturated heterocycles. The highest BCUT2D eigenvalue weighted by Gasteiger charge is 2.40. The summed E-state index contributed by atoms with van der Waals surface area (Å²) in [6.07, 6.45) is 3.18. The molecule has 1 aliphatic rings. The van der Waals surface area contributed by atoms with Crippen molar-refractivity contribution in [3.05, 3.63) is 64.8 Å². The van der Waals surface area contributed by atoms with Crippen LogP contribution < -0.4 is 15.0 Å². The maximum Gasteiger partial charge on any atom is 0.407 e. The first-order valence-electron chi connectivity index (χ1n) is 14.1. The van der Waals surface area contributed by atoms with Crippen LogP contribution in [0.2, 0.25) is 0 Å². The molecule has 0 bridgehead atoms. The SMILES string of the molecule is CCCCC(=O)N1CCN(c2ccc([N+](=O)[O-])cc2)C(CCNC(=O)OC(C)(C)C)C1Oc1ccc2[nH]ccc2c1. The van der Waals surface area contributed by atoms with Gasteiger partial charge in [0.1, 0.15) is 11.4 Å². The van der Waals surface area contributed by atoms with Crippen molar-refractivity contribution in [1.82, 2.24) is 15.2 Å². The number of hydrogen-bond donors (Lipinski definition) is 2. The van der Waals surface area contributed by atoms with E-state index in [-0.39, 0.29) is 24.2 Å². The highest BCUT2D eigenvalue weighted by molar-refractivity contribution is 5.81. The van der Waals surface area contributed by atoms with E-state index in [4.69, 9.17) is 9.47 Å². The third kappa shape index (κ3) is 7.68. The second kappa shape index (κ2) is 12.9. The van der Waals surface area contributed by atoms with Gasteiger partial charge in [-0.2, -0.15) is 0 Å². The zero-order valence-corrected chi connectivity index (χ0v) is 24.1. The molecular weight excluding hydrogens is 526 g/mol. The van der Waals surface area contributed by atoms with Crippen LogP contribution >= 0.6 is 0 Å². The fourth-order valence-electron chi connectivity index (χ4n) is 5.02. The van der Waals surface area contributed by atoms with Crippen molar-refractivity contribution in [2.24, 2.45) is 0 Å². The molecule has 3 aromatic rings. The van der Waals surface area contributed by atoms with Gasteiger partial charge in [-0.3, -0.25) is 14.9 Å². The number of rotatable bonds is 10.